The Labute approximate surface area is 69.8 Å². The van der Waals surface area contributed by atoms with Crippen LogP contribution < -0.4 is 0 Å². The van der Waals surface area contributed by atoms with Crippen LogP contribution in [0.15, 0.2) is 0 Å². The Balaban J connectivity index is 2.51. The SMILES string of the molecule is CC1CC(S)CC(C)(C)C1. The molecule has 0 aromatic carbocycles. The van der Waals surface area contributed by atoms with Crippen molar-refractivity contribution in [3.63, 3.8) is 0 Å². The van der Waals surface area contributed by atoms with Crippen molar-refractivity contribution in [2.45, 2.75) is 45.3 Å². The van der Waals surface area contributed by atoms with E-state index in [9.17, 15) is 0 Å². The summed E-state index contributed by atoms with van der Waals surface area (Å²) in [6.07, 6.45) is 3.98. The standard InChI is InChI=1S/C9H18S/c1-7-4-8(10)6-9(2,3)5-7/h7-8,10H,4-6H2,1-3H3. The molecular formula is C9H18S. The average molecular weight is 158 g/mol. The molecule has 0 N–H and O–H groups in total. The third-order valence-corrected chi connectivity index (χ3v) is 2.76. The van der Waals surface area contributed by atoms with Crippen molar-refractivity contribution in [2.24, 2.45) is 11.3 Å². The molecule has 1 aliphatic carbocycles. The summed E-state index contributed by atoms with van der Waals surface area (Å²) in [6, 6.07) is 0. The molecule has 1 rings (SSSR count). The van der Waals surface area contributed by atoms with Gasteiger partial charge in [0.1, 0.15) is 0 Å². The Morgan fingerprint density at radius 1 is 1.30 bits per heavy atom. The maximum atomic E-state index is 4.53. The second-order valence-corrected chi connectivity index (χ2v) is 5.30. The molecular weight excluding hydrogens is 140 g/mol. The molecule has 0 heterocycles. The van der Waals surface area contributed by atoms with E-state index in [1.165, 1.54) is 19.3 Å². The van der Waals surface area contributed by atoms with Gasteiger partial charge in [-0.2, -0.15) is 12.6 Å². The van der Waals surface area contributed by atoms with Crippen LogP contribution in [0, 0.1) is 11.3 Å². The summed E-state index contributed by atoms with van der Waals surface area (Å²) in [4.78, 5) is 0. The summed E-state index contributed by atoms with van der Waals surface area (Å²) >= 11 is 4.53. The van der Waals surface area contributed by atoms with Crippen LogP contribution in [0.5, 0.6) is 0 Å². The monoisotopic (exact) mass is 158 g/mol. The van der Waals surface area contributed by atoms with Gasteiger partial charge in [0.05, 0.1) is 0 Å². The van der Waals surface area contributed by atoms with Gasteiger partial charge in [-0.3, -0.25) is 0 Å². The zero-order valence-corrected chi connectivity index (χ0v) is 8.12. The van der Waals surface area contributed by atoms with Crippen molar-refractivity contribution in [1.29, 1.82) is 0 Å². The van der Waals surface area contributed by atoms with Crippen LogP contribution in [-0.2, 0) is 0 Å². The first-order valence-corrected chi connectivity index (χ1v) is 4.69. The number of hydrogen-bond acceptors (Lipinski definition) is 1. The summed E-state index contributed by atoms with van der Waals surface area (Å²) in [7, 11) is 0. The van der Waals surface area contributed by atoms with Gasteiger partial charge < -0.3 is 0 Å². The summed E-state index contributed by atoms with van der Waals surface area (Å²) in [5.74, 6) is 0.881. The van der Waals surface area contributed by atoms with Crippen molar-refractivity contribution in [3.05, 3.63) is 0 Å². The summed E-state index contributed by atoms with van der Waals surface area (Å²) < 4.78 is 0. The predicted molar refractivity (Wildman–Crippen MR) is 49.6 cm³/mol. The summed E-state index contributed by atoms with van der Waals surface area (Å²) in [5, 5.41) is 0.652. The summed E-state index contributed by atoms with van der Waals surface area (Å²) in [5.41, 5.74) is 0.546. The van der Waals surface area contributed by atoms with Crippen molar-refractivity contribution in [1.82, 2.24) is 0 Å². The highest BCUT2D eigenvalue weighted by Crippen LogP contribution is 2.40. The molecule has 0 aromatic rings. The van der Waals surface area contributed by atoms with E-state index in [2.05, 4.69) is 33.4 Å². The van der Waals surface area contributed by atoms with Gasteiger partial charge in [0.25, 0.3) is 0 Å². The summed E-state index contributed by atoms with van der Waals surface area (Å²) in [6.45, 7) is 7.04. The van der Waals surface area contributed by atoms with Gasteiger partial charge in [-0.05, 0) is 30.6 Å². The van der Waals surface area contributed by atoms with Crippen molar-refractivity contribution in [3.8, 4) is 0 Å². The maximum absolute atomic E-state index is 4.53. The normalized spacial score (nSPS) is 39.6. The minimum atomic E-state index is 0.546. The smallest absolute Gasteiger partial charge is 0.00244 e. The van der Waals surface area contributed by atoms with E-state index < -0.39 is 0 Å². The van der Waals surface area contributed by atoms with Crippen LogP contribution in [0.3, 0.4) is 0 Å². The fraction of sp³-hybridized carbons (Fsp3) is 1.00. The lowest BCUT2D eigenvalue weighted by Crippen LogP contribution is -2.27. The van der Waals surface area contributed by atoms with E-state index in [1.807, 2.05) is 0 Å². The van der Waals surface area contributed by atoms with Gasteiger partial charge in [0.2, 0.25) is 0 Å². The lowest BCUT2D eigenvalue weighted by Gasteiger charge is -2.36. The van der Waals surface area contributed by atoms with Gasteiger partial charge >= 0.3 is 0 Å². The molecule has 1 fully saturated rings. The van der Waals surface area contributed by atoms with E-state index >= 15 is 0 Å². The lowest BCUT2D eigenvalue weighted by atomic mass is 9.73. The van der Waals surface area contributed by atoms with Gasteiger partial charge in [0.15, 0.2) is 0 Å². The van der Waals surface area contributed by atoms with Crippen LogP contribution in [0.2, 0.25) is 0 Å². The molecule has 0 spiro atoms. The molecule has 0 saturated heterocycles. The van der Waals surface area contributed by atoms with Crippen LogP contribution in [-0.4, -0.2) is 5.25 Å². The molecule has 0 aliphatic heterocycles. The van der Waals surface area contributed by atoms with Crippen LogP contribution in [0.1, 0.15) is 40.0 Å². The third kappa shape index (κ3) is 2.19. The second kappa shape index (κ2) is 2.77. The molecule has 1 saturated carbocycles. The Morgan fingerprint density at radius 2 is 1.90 bits per heavy atom. The Bertz CT molecular complexity index is 106. The highest BCUT2D eigenvalue weighted by molar-refractivity contribution is 7.80. The number of rotatable bonds is 0. The molecule has 2 unspecified atom stereocenters. The molecule has 0 radical (unpaired) electrons. The molecule has 1 heteroatoms. The van der Waals surface area contributed by atoms with E-state index in [-0.39, 0.29) is 0 Å². The molecule has 0 bridgehead atoms. The quantitative estimate of drug-likeness (QED) is 0.514. The first kappa shape index (κ1) is 8.45. The molecule has 0 amide bonds. The van der Waals surface area contributed by atoms with E-state index in [0.29, 0.717) is 10.7 Å². The van der Waals surface area contributed by atoms with Gasteiger partial charge in [0, 0.05) is 5.25 Å². The van der Waals surface area contributed by atoms with E-state index in [0.717, 1.165) is 5.92 Å². The minimum Gasteiger partial charge on any atom is -0.176 e. The highest BCUT2D eigenvalue weighted by atomic mass is 32.1. The Hall–Kier alpha value is 0.350. The van der Waals surface area contributed by atoms with Gasteiger partial charge in [-0.1, -0.05) is 20.8 Å². The molecule has 1 aliphatic rings. The number of thiol groups is 1. The molecule has 60 valence electrons. The second-order valence-electron chi connectivity index (χ2n) is 4.57. The Morgan fingerprint density at radius 3 is 2.30 bits per heavy atom. The fourth-order valence-corrected chi connectivity index (χ4v) is 3.15. The lowest BCUT2D eigenvalue weighted by molar-refractivity contribution is 0.198. The molecule has 10 heavy (non-hydrogen) atoms. The highest BCUT2D eigenvalue weighted by Gasteiger charge is 2.29. The predicted octanol–water partition coefficient (Wildman–Crippen LogP) is 3.13. The topological polar surface area (TPSA) is 0 Å². The van der Waals surface area contributed by atoms with E-state index in [4.69, 9.17) is 0 Å². The minimum absolute atomic E-state index is 0.546. The third-order valence-electron chi connectivity index (χ3n) is 2.36. The van der Waals surface area contributed by atoms with Crippen molar-refractivity contribution >= 4 is 12.6 Å². The average Bonchev–Trinajstić information content (AvgIpc) is 1.54. The van der Waals surface area contributed by atoms with Crippen LogP contribution in [0.4, 0.5) is 0 Å². The largest absolute Gasteiger partial charge is 0.176 e. The molecule has 0 nitrogen and oxygen atoms in total. The van der Waals surface area contributed by atoms with Crippen molar-refractivity contribution in [2.75, 3.05) is 0 Å². The van der Waals surface area contributed by atoms with Gasteiger partial charge in [-0.15, -0.1) is 0 Å². The van der Waals surface area contributed by atoms with Crippen LogP contribution in [0.25, 0.3) is 0 Å². The maximum Gasteiger partial charge on any atom is 0.00244 e. The molecule has 0 aromatic heterocycles. The zero-order chi connectivity index (χ0) is 7.78. The molecule has 2 atom stereocenters. The van der Waals surface area contributed by atoms with Gasteiger partial charge in [-0.25, -0.2) is 0 Å². The first-order valence-electron chi connectivity index (χ1n) is 4.18. The fourth-order valence-electron chi connectivity index (χ4n) is 2.30. The van der Waals surface area contributed by atoms with Crippen LogP contribution >= 0.6 is 12.6 Å². The Kier molecular flexibility index (Phi) is 2.34. The zero-order valence-electron chi connectivity index (χ0n) is 7.22. The van der Waals surface area contributed by atoms with Crippen molar-refractivity contribution < 1.29 is 0 Å². The number of hydrogen-bond donors (Lipinski definition) is 1. The first-order chi connectivity index (χ1) is 4.49. The van der Waals surface area contributed by atoms with E-state index in [1.54, 1.807) is 0 Å².